The molecule has 3 heterocycles. The number of benzene rings is 2. The van der Waals surface area contributed by atoms with Crippen LogP contribution in [-0.4, -0.2) is 98.0 Å². The summed E-state index contributed by atoms with van der Waals surface area (Å²) in [5.74, 6) is 0.0539. The number of rotatable bonds is 8. The summed E-state index contributed by atoms with van der Waals surface area (Å²) in [5.41, 5.74) is 7.24. The van der Waals surface area contributed by atoms with Crippen LogP contribution in [0.5, 0.6) is 0 Å². The van der Waals surface area contributed by atoms with Crippen molar-refractivity contribution in [1.29, 1.82) is 0 Å². The Morgan fingerprint density at radius 2 is 1.58 bits per heavy atom. The van der Waals surface area contributed by atoms with E-state index in [4.69, 9.17) is 4.98 Å². The number of hydrogen-bond donors (Lipinski definition) is 1. The van der Waals surface area contributed by atoms with Crippen LogP contribution in [0.15, 0.2) is 67.0 Å². The molecule has 0 spiro atoms. The Kier molecular flexibility index (Phi) is 7.77. The van der Waals surface area contributed by atoms with Crippen molar-refractivity contribution in [2.75, 3.05) is 72.4 Å². The van der Waals surface area contributed by atoms with Crippen LogP contribution in [0.1, 0.15) is 16.8 Å². The van der Waals surface area contributed by atoms with Crippen molar-refractivity contribution in [1.82, 2.24) is 24.7 Å². The van der Waals surface area contributed by atoms with E-state index < -0.39 is 0 Å². The minimum atomic E-state index is 0.0539. The maximum absolute atomic E-state index is 12.9. The molecule has 7 nitrogen and oxygen atoms in total. The molecule has 2 aromatic carbocycles. The predicted octanol–water partition coefficient (Wildman–Crippen LogP) is 4.67. The molecular formula is C31H38N6O. The molecule has 7 heteroatoms. The Balaban J connectivity index is 1.32. The number of nitrogens with zero attached hydrogens (tertiary/aromatic N) is 5. The Morgan fingerprint density at radius 3 is 2.26 bits per heavy atom. The molecular weight excluding hydrogens is 472 g/mol. The molecule has 198 valence electrons. The topological polar surface area (TPSA) is 58.7 Å². The summed E-state index contributed by atoms with van der Waals surface area (Å²) in [6.07, 6.45) is 4.89. The summed E-state index contributed by atoms with van der Waals surface area (Å²) in [7, 11) is 8.15. The van der Waals surface area contributed by atoms with Crippen molar-refractivity contribution >= 4 is 22.6 Å². The van der Waals surface area contributed by atoms with Crippen LogP contribution in [0.25, 0.3) is 33.3 Å². The van der Waals surface area contributed by atoms with Crippen molar-refractivity contribution in [2.45, 2.75) is 6.42 Å². The molecule has 1 N–H and O–H groups in total. The third kappa shape index (κ3) is 5.74. The van der Waals surface area contributed by atoms with E-state index in [-0.39, 0.29) is 5.91 Å². The van der Waals surface area contributed by atoms with E-state index in [1.54, 1.807) is 4.90 Å². The summed E-state index contributed by atoms with van der Waals surface area (Å²) in [4.78, 5) is 29.6. The van der Waals surface area contributed by atoms with Gasteiger partial charge in [-0.3, -0.25) is 4.79 Å². The van der Waals surface area contributed by atoms with Crippen LogP contribution in [0.3, 0.4) is 0 Å². The highest BCUT2D eigenvalue weighted by Crippen LogP contribution is 2.32. The maximum Gasteiger partial charge on any atom is 0.253 e. The molecule has 0 saturated carbocycles. The molecule has 0 unspecified atom stereocenters. The minimum Gasteiger partial charge on any atom is -0.369 e. The number of H-pyrrole nitrogens is 1. The first-order valence-electron chi connectivity index (χ1n) is 13.4. The third-order valence-corrected chi connectivity index (χ3v) is 7.49. The number of aromatic nitrogens is 2. The van der Waals surface area contributed by atoms with Gasteiger partial charge in [0.25, 0.3) is 5.91 Å². The number of carbonyl (C=O) groups is 1. The number of pyridine rings is 1. The van der Waals surface area contributed by atoms with E-state index in [2.05, 4.69) is 71.2 Å². The second-order valence-electron chi connectivity index (χ2n) is 10.6. The molecule has 1 aliphatic rings. The van der Waals surface area contributed by atoms with Gasteiger partial charge in [-0.05, 0) is 75.6 Å². The lowest BCUT2D eigenvalue weighted by atomic mass is 10.0. The number of nitrogens with one attached hydrogen (secondary N) is 1. The van der Waals surface area contributed by atoms with Gasteiger partial charge in [0, 0.05) is 79.9 Å². The normalized spacial score (nSPS) is 14.4. The van der Waals surface area contributed by atoms with E-state index in [0.29, 0.717) is 5.56 Å². The molecule has 1 amide bonds. The number of aromatic amines is 1. The lowest BCUT2D eigenvalue weighted by Gasteiger charge is -2.34. The van der Waals surface area contributed by atoms with Gasteiger partial charge in [0.2, 0.25) is 0 Å². The lowest BCUT2D eigenvalue weighted by molar-refractivity contribution is 0.0790. The molecule has 0 aliphatic carbocycles. The van der Waals surface area contributed by atoms with Crippen molar-refractivity contribution in [3.05, 3.63) is 72.6 Å². The summed E-state index contributed by atoms with van der Waals surface area (Å²) in [6, 6.07) is 18.9. The summed E-state index contributed by atoms with van der Waals surface area (Å²) < 4.78 is 0. The van der Waals surface area contributed by atoms with Crippen LogP contribution in [0.2, 0.25) is 0 Å². The van der Waals surface area contributed by atoms with Gasteiger partial charge in [-0.25, -0.2) is 4.98 Å². The van der Waals surface area contributed by atoms with Crippen molar-refractivity contribution in [2.24, 2.45) is 0 Å². The zero-order chi connectivity index (χ0) is 26.6. The molecule has 38 heavy (non-hydrogen) atoms. The van der Waals surface area contributed by atoms with Gasteiger partial charge in [-0.2, -0.15) is 0 Å². The number of amides is 1. The standard InChI is InChI=1S/C31H38N6O/c1-34(2)14-5-15-36(4)31(38)25-8-6-24(7-9-25)29-22-33-30-28(29)20-26(21-32-30)23-10-12-27(13-11-23)37-18-16-35(3)17-19-37/h6-13,20-22H,5,14-19H2,1-4H3,(H,32,33). The van der Waals surface area contributed by atoms with Gasteiger partial charge in [-0.15, -0.1) is 0 Å². The number of fused-ring (bicyclic) bond motifs is 1. The Labute approximate surface area is 225 Å². The number of carbonyl (C=O) groups excluding carboxylic acids is 1. The quantitative estimate of drug-likeness (QED) is 0.373. The molecule has 5 rings (SSSR count). The summed E-state index contributed by atoms with van der Waals surface area (Å²) in [5, 5.41) is 1.07. The molecule has 0 radical (unpaired) electrons. The first-order chi connectivity index (χ1) is 18.4. The monoisotopic (exact) mass is 510 g/mol. The Hall–Kier alpha value is -3.68. The molecule has 0 atom stereocenters. The van der Waals surface area contributed by atoms with E-state index in [9.17, 15) is 4.79 Å². The number of piperazine rings is 1. The van der Waals surface area contributed by atoms with Gasteiger partial charge in [0.15, 0.2) is 0 Å². The Morgan fingerprint density at radius 1 is 0.895 bits per heavy atom. The largest absolute Gasteiger partial charge is 0.369 e. The molecule has 2 aromatic heterocycles. The first kappa shape index (κ1) is 25.9. The third-order valence-electron chi connectivity index (χ3n) is 7.49. The molecule has 1 fully saturated rings. The van der Waals surface area contributed by atoms with Crippen molar-refractivity contribution in [3.8, 4) is 22.3 Å². The van der Waals surface area contributed by atoms with Gasteiger partial charge < -0.3 is 24.6 Å². The number of likely N-dealkylation sites (N-methyl/N-ethyl adjacent to an activating group) is 1. The van der Waals surface area contributed by atoms with Crippen LogP contribution >= 0.6 is 0 Å². The number of hydrogen-bond acceptors (Lipinski definition) is 5. The number of anilines is 1. The molecule has 4 aromatic rings. The first-order valence-corrected chi connectivity index (χ1v) is 13.4. The van der Waals surface area contributed by atoms with E-state index in [1.807, 2.05) is 43.7 Å². The molecule has 0 bridgehead atoms. The highest BCUT2D eigenvalue weighted by Gasteiger charge is 2.16. The average molecular weight is 511 g/mol. The zero-order valence-corrected chi connectivity index (χ0v) is 22.9. The SMILES string of the molecule is CN(C)CCCN(C)C(=O)c1ccc(-c2c[nH]c3ncc(-c4ccc(N5CCN(C)CC5)cc4)cc23)cc1. The molecule has 1 aliphatic heterocycles. The fourth-order valence-electron chi connectivity index (χ4n) is 5.07. The second-order valence-corrected chi connectivity index (χ2v) is 10.6. The Bertz CT molecular complexity index is 1370. The maximum atomic E-state index is 12.9. The smallest absolute Gasteiger partial charge is 0.253 e. The van der Waals surface area contributed by atoms with Crippen molar-refractivity contribution < 1.29 is 4.79 Å². The van der Waals surface area contributed by atoms with Crippen LogP contribution in [0, 0.1) is 0 Å². The van der Waals surface area contributed by atoms with Crippen LogP contribution in [0.4, 0.5) is 5.69 Å². The predicted molar refractivity (Wildman–Crippen MR) is 157 cm³/mol. The van der Waals surface area contributed by atoms with Crippen molar-refractivity contribution in [3.63, 3.8) is 0 Å². The second kappa shape index (κ2) is 11.4. The highest BCUT2D eigenvalue weighted by atomic mass is 16.2. The summed E-state index contributed by atoms with van der Waals surface area (Å²) in [6.45, 7) is 6.03. The van der Waals surface area contributed by atoms with Crippen LogP contribution < -0.4 is 4.90 Å². The fraction of sp³-hybridized carbons (Fsp3) is 0.355. The van der Waals surface area contributed by atoms with E-state index >= 15 is 0 Å². The average Bonchev–Trinajstić information content (AvgIpc) is 3.36. The zero-order valence-electron chi connectivity index (χ0n) is 22.9. The highest BCUT2D eigenvalue weighted by molar-refractivity contribution is 5.98. The van der Waals surface area contributed by atoms with E-state index in [1.165, 1.54) is 5.69 Å². The minimum absolute atomic E-state index is 0.0539. The van der Waals surface area contributed by atoms with E-state index in [0.717, 1.165) is 79.0 Å². The lowest BCUT2D eigenvalue weighted by Crippen LogP contribution is -2.44. The summed E-state index contributed by atoms with van der Waals surface area (Å²) >= 11 is 0. The van der Waals surface area contributed by atoms with Gasteiger partial charge in [0.1, 0.15) is 5.65 Å². The van der Waals surface area contributed by atoms with Gasteiger partial charge >= 0.3 is 0 Å². The van der Waals surface area contributed by atoms with Crippen LogP contribution in [-0.2, 0) is 0 Å². The fourth-order valence-corrected chi connectivity index (χ4v) is 5.07. The van der Waals surface area contributed by atoms with Gasteiger partial charge in [0.05, 0.1) is 0 Å². The molecule has 1 saturated heterocycles. The van der Waals surface area contributed by atoms with Gasteiger partial charge in [-0.1, -0.05) is 24.3 Å².